The van der Waals surface area contributed by atoms with Gasteiger partial charge in [-0.2, -0.15) is 14.6 Å². The quantitative estimate of drug-likeness (QED) is 0.525. The fourth-order valence-electron chi connectivity index (χ4n) is 3.50. The van der Waals surface area contributed by atoms with Gasteiger partial charge >= 0.3 is 0 Å². The normalized spacial score (nSPS) is 14.8. The fraction of sp³-hybridized carbons (Fsp3) is 0.412. The van der Waals surface area contributed by atoms with E-state index in [9.17, 15) is 4.79 Å². The first-order valence-corrected chi connectivity index (χ1v) is 9.08. The van der Waals surface area contributed by atoms with E-state index in [0.717, 1.165) is 36.9 Å². The summed E-state index contributed by atoms with van der Waals surface area (Å²) in [5.41, 5.74) is 1.23. The van der Waals surface area contributed by atoms with Gasteiger partial charge in [0.1, 0.15) is 11.2 Å². The highest BCUT2D eigenvalue weighted by molar-refractivity contribution is 5.74. The number of aryl methyl sites for hydroxylation is 2. The van der Waals surface area contributed by atoms with E-state index in [1.807, 2.05) is 19.1 Å². The minimum Gasteiger partial charge on any atom is -0.355 e. The number of rotatable bonds is 4. The molecule has 4 aromatic rings. The zero-order valence-electron chi connectivity index (χ0n) is 15.9. The minimum atomic E-state index is -0.0994. The first-order valence-electron chi connectivity index (χ1n) is 9.08. The van der Waals surface area contributed by atoms with Crippen LogP contribution in [0, 0.1) is 12.8 Å². The predicted octanol–water partition coefficient (Wildman–Crippen LogP) is -0.0386. The van der Waals surface area contributed by atoms with E-state index >= 15 is 0 Å². The summed E-state index contributed by atoms with van der Waals surface area (Å²) in [6.45, 7) is 4.38. The van der Waals surface area contributed by atoms with Gasteiger partial charge in [-0.05, 0) is 19.1 Å². The third-order valence-corrected chi connectivity index (χ3v) is 5.21. The number of anilines is 2. The minimum absolute atomic E-state index is 0.0994. The molecule has 0 spiro atoms. The van der Waals surface area contributed by atoms with Gasteiger partial charge in [-0.3, -0.25) is 14.0 Å². The Hall–Kier alpha value is -3.50. The molecule has 0 aromatic carbocycles. The smallest absolute Gasteiger partial charge is 0.265 e. The summed E-state index contributed by atoms with van der Waals surface area (Å²) in [5, 5.41) is 20.7. The molecule has 11 heteroatoms. The van der Waals surface area contributed by atoms with Crippen LogP contribution in [0.5, 0.6) is 0 Å². The molecule has 0 radical (unpaired) electrons. The SMILES string of the molecule is Cc1nnc2ccc(N3CC(CNc4nc5c(cnn5C)c(=O)n4C)C3)nn12. The molecule has 0 unspecified atom stereocenters. The zero-order valence-corrected chi connectivity index (χ0v) is 15.9. The van der Waals surface area contributed by atoms with E-state index in [1.165, 1.54) is 4.57 Å². The average Bonchev–Trinajstić information content (AvgIpc) is 3.21. The van der Waals surface area contributed by atoms with Gasteiger partial charge in [0.2, 0.25) is 5.95 Å². The molecule has 1 aliphatic heterocycles. The van der Waals surface area contributed by atoms with Crippen LogP contribution in [0.15, 0.2) is 23.1 Å². The molecule has 5 heterocycles. The molecular weight excluding hydrogens is 360 g/mol. The second-order valence-electron chi connectivity index (χ2n) is 7.17. The van der Waals surface area contributed by atoms with Crippen LogP contribution in [0.25, 0.3) is 16.7 Å². The number of aromatic nitrogens is 8. The molecule has 0 bridgehead atoms. The highest BCUT2D eigenvalue weighted by atomic mass is 16.1. The van der Waals surface area contributed by atoms with Crippen molar-refractivity contribution in [3.8, 4) is 0 Å². The summed E-state index contributed by atoms with van der Waals surface area (Å²) in [5.74, 6) is 2.68. The van der Waals surface area contributed by atoms with Crippen molar-refractivity contribution in [3.05, 3.63) is 34.5 Å². The lowest BCUT2D eigenvalue weighted by Crippen LogP contribution is -2.50. The number of hydrogen-bond acceptors (Lipinski definition) is 8. The Balaban J connectivity index is 1.27. The van der Waals surface area contributed by atoms with Crippen molar-refractivity contribution in [3.63, 3.8) is 0 Å². The van der Waals surface area contributed by atoms with Crippen molar-refractivity contribution in [1.82, 2.24) is 39.1 Å². The van der Waals surface area contributed by atoms with Crippen molar-refractivity contribution in [1.29, 1.82) is 0 Å². The lowest BCUT2D eigenvalue weighted by atomic mass is 10.0. The van der Waals surface area contributed by atoms with E-state index in [2.05, 4.69) is 35.6 Å². The third kappa shape index (κ3) is 2.50. The van der Waals surface area contributed by atoms with Crippen molar-refractivity contribution in [2.45, 2.75) is 6.92 Å². The van der Waals surface area contributed by atoms with Crippen LogP contribution in [0.4, 0.5) is 11.8 Å². The number of hydrogen-bond donors (Lipinski definition) is 1. The lowest BCUT2D eigenvalue weighted by molar-refractivity contribution is 0.423. The van der Waals surface area contributed by atoms with Gasteiger partial charge in [-0.25, -0.2) is 0 Å². The van der Waals surface area contributed by atoms with Gasteiger partial charge in [-0.1, -0.05) is 0 Å². The molecule has 11 nitrogen and oxygen atoms in total. The summed E-state index contributed by atoms with van der Waals surface area (Å²) >= 11 is 0. The van der Waals surface area contributed by atoms with E-state index in [-0.39, 0.29) is 5.56 Å². The van der Waals surface area contributed by atoms with Gasteiger partial charge in [0, 0.05) is 39.6 Å². The molecule has 0 atom stereocenters. The Labute approximate surface area is 159 Å². The first kappa shape index (κ1) is 16.7. The van der Waals surface area contributed by atoms with E-state index in [1.54, 1.807) is 29.5 Å². The second-order valence-corrected chi connectivity index (χ2v) is 7.17. The van der Waals surface area contributed by atoms with Crippen molar-refractivity contribution in [2.24, 2.45) is 20.0 Å². The maximum absolute atomic E-state index is 12.4. The Morgan fingerprint density at radius 3 is 2.86 bits per heavy atom. The summed E-state index contributed by atoms with van der Waals surface area (Å²) in [6, 6.07) is 3.89. The molecule has 1 fully saturated rings. The summed E-state index contributed by atoms with van der Waals surface area (Å²) in [6.07, 6.45) is 1.56. The second kappa shape index (κ2) is 6.01. The van der Waals surface area contributed by atoms with E-state index in [0.29, 0.717) is 22.9 Å². The van der Waals surface area contributed by atoms with Crippen molar-refractivity contribution < 1.29 is 0 Å². The van der Waals surface area contributed by atoms with Crippen LogP contribution in [0.1, 0.15) is 5.82 Å². The monoisotopic (exact) mass is 380 g/mol. The highest BCUT2D eigenvalue weighted by Gasteiger charge is 2.28. The summed E-state index contributed by atoms with van der Waals surface area (Å²) in [7, 11) is 3.50. The van der Waals surface area contributed by atoms with Gasteiger partial charge in [0.15, 0.2) is 17.1 Å². The molecular formula is C17H20N10O. The van der Waals surface area contributed by atoms with Gasteiger partial charge in [0.05, 0.1) is 6.20 Å². The molecule has 0 amide bonds. The third-order valence-electron chi connectivity index (χ3n) is 5.21. The maximum Gasteiger partial charge on any atom is 0.265 e. The predicted molar refractivity (Wildman–Crippen MR) is 103 cm³/mol. The molecule has 28 heavy (non-hydrogen) atoms. The van der Waals surface area contributed by atoms with Gasteiger partial charge in [0.25, 0.3) is 5.56 Å². The van der Waals surface area contributed by atoms with Crippen LogP contribution in [-0.2, 0) is 14.1 Å². The number of fused-ring (bicyclic) bond motifs is 2. The zero-order chi connectivity index (χ0) is 19.4. The van der Waals surface area contributed by atoms with Crippen LogP contribution < -0.4 is 15.8 Å². The number of nitrogens with zero attached hydrogens (tertiary/aromatic N) is 9. The largest absolute Gasteiger partial charge is 0.355 e. The Morgan fingerprint density at radius 2 is 2.04 bits per heavy atom. The van der Waals surface area contributed by atoms with Crippen LogP contribution in [0.3, 0.4) is 0 Å². The first-order chi connectivity index (χ1) is 13.5. The average molecular weight is 380 g/mol. The van der Waals surface area contributed by atoms with Crippen LogP contribution in [0.2, 0.25) is 0 Å². The lowest BCUT2D eigenvalue weighted by Gasteiger charge is -2.40. The Kier molecular flexibility index (Phi) is 3.57. The molecule has 0 saturated carbocycles. The van der Waals surface area contributed by atoms with E-state index in [4.69, 9.17) is 0 Å². The van der Waals surface area contributed by atoms with Crippen molar-refractivity contribution >= 4 is 28.4 Å². The van der Waals surface area contributed by atoms with Crippen LogP contribution in [-0.4, -0.2) is 58.8 Å². The molecule has 1 saturated heterocycles. The van der Waals surface area contributed by atoms with Crippen LogP contribution >= 0.6 is 0 Å². The standard InChI is InChI=1S/C17H20N10O/c1-10-21-22-13-4-5-14(23-27(10)13)26-8-11(9-26)6-18-17-20-15-12(7-19-25(15)3)16(28)24(17)2/h4-5,7,11H,6,8-9H2,1-3H3,(H,18,20). The molecule has 144 valence electrons. The molecule has 1 aliphatic rings. The summed E-state index contributed by atoms with van der Waals surface area (Å²) in [4.78, 5) is 19.2. The molecule has 5 rings (SSSR count). The Bertz CT molecular complexity index is 1250. The van der Waals surface area contributed by atoms with Gasteiger partial charge < -0.3 is 10.2 Å². The Morgan fingerprint density at radius 1 is 1.21 bits per heavy atom. The summed E-state index contributed by atoms with van der Waals surface area (Å²) < 4.78 is 4.90. The maximum atomic E-state index is 12.4. The fourth-order valence-corrected chi connectivity index (χ4v) is 3.50. The topological polar surface area (TPSA) is 111 Å². The number of nitrogens with one attached hydrogen (secondary N) is 1. The highest BCUT2D eigenvalue weighted by Crippen LogP contribution is 2.23. The molecule has 0 aliphatic carbocycles. The molecule has 1 N–H and O–H groups in total. The van der Waals surface area contributed by atoms with E-state index < -0.39 is 0 Å². The van der Waals surface area contributed by atoms with Crippen molar-refractivity contribution in [2.75, 3.05) is 29.9 Å². The molecule has 4 aromatic heterocycles. The van der Waals surface area contributed by atoms with Gasteiger partial charge in [-0.15, -0.1) is 15.3 Å².